The first-order valence-electron chi connectivity index (χ1n) is 8.20. The number of hydrogen-bond donors (Lipinski definition) is 1. The third-order valence-electron chi connectivity index (χ3n) is 3.93. The molecule has 0 fully saturated rings. The van der Waals surface area contributed by atoms with Gasteiger partial charge in [-0.2, -0.15) is 0 Å². The summed E-state index contributed by atoms with van der Waals surface area (Å²) in [5.41, 5.74) is 2.44. The van der Waals surface area contributed by atoms with Crippen LogP contribution in [0.25, 0.3) is 11.0 Å². The highest BCUT2D eigenvalue weighted by Gasteiger charge is 2.14. The van der Waals surface area contributed by atoms with Crippen LogP contribution in [0.15, 0.2) is 42.5 Å². The van der Waals surface area contributed by atoms with Gasteiger partial charge in [0.05, 0.1) is 29.7 Å². The maximum Gasteiger partial charge on any atom is 0.244 e. The Kier molecular flexibility index (Phi) is 5.44. The molecule has 3 aromatic rings. The van der Waals surface area contributed by atoms with Gasteiger partial charge in [0, 0.05) is 5.69 Å². The second kappa shape index (κ2) is 7.76. The molecule has 0 aliphatic heterocycles. The Labute approximate surface area is 157 Å². The number of methoxy groups -OCH3 is 1. The number of rotatable bonds is 6. The van der Waals surface area contributed by atoms with E-state index in [0.717, 1.165) is 16.9 Å². The summed E-state index contributed by atoms with van der Waals surface area (Å²) in [5, 5.41) is 3.33. The molecule has 6 nitrogen and oxygen atoms in total. The number of fused-ring (bicyclic) bond motifs is 1. The fourth-order valence-electron chi connectivity index (χ4n) is 2.79. The van der Waals surface area contributed by atoms with Crippen molar-refractivity contribution in [3.63, 3.8) is 0 Å². The zero-order chi connectivity index (χ0) is 18.7. The minimum absolute atomic E-state index is 0.144. The Bertz CT molecular complexity index is 936. The van der Waals surface area contributed by atoms with E-state index in [1.807, 2.05) is 47.8 Å². The van der Waals surface area contributed by atoms with Gasteiger partial charge < -0.3 is 19.5 Å². The molecule has 1 heterocycles. The molecule has 0 atom stereocenters. The largest absolute Gasteiger partial charge is 0.495 e. The minimum Gasteiger partial charge on any atom is -0.495 e. The molecule has 1 amide bonds. The molecule has 1 N–H and O–H groups in total. The lowest BCUT2D eigenvalue weighted by Crippen LogP contribution is -2.22. The lowest BCUT2D eigenvalue weighted by Gasteiger charge is -2.13. The Hall–Kier alpha value is -2.57. The monoisotopic (exact) mass is 372 g/mol. The summed E-state index contributed by atoms with van der Waals surface area (Å²) in [4.78, 5) is 19.3. The van der Waals surface area contributed by atoms with E-state index in [2.05, 4.69) is 10.3 Å². The molecule has 0 aliphatic carbocycles. The number of hydrogen-bond acceptors (Lipinski definition) is 4. The number of carbonyl (C=O) groups excluding carboxylic acids is 1. The van der Waals surface area contributed by atoms with Crippen molar-refractivity contribution in [2.45, 2.75) is 13.1 Å². The van der Waals surface area contributed by atoms with Crippen molar-refractivity contribution in [1.82, 2.24) is 14.5 Å². The number of ether oxygens (including phenoxy) is 1. The number of imidazole rings is 1. The average molecular weight is 373 g/mol. The maximum absolute atomic E-state index is 12.6. The zero-order valence-corrected chi connectivity index (χ0v) is 15.7. The summed E-state index contributed by atoms with van der Waals surface area (Å²) >= 11 is 6.12. The maximum atomic E-state index is 12.6. The fraction of sp³-hybridized carbons (Fsp3) is 0.263. The number of halogens is 1. The smallest absolute Gasteiger partial charge is 0.244 e. The van der Waals surface area contributed by atoms with Gasteiger partial charge in [0.1, 0.15) is 18.1 Å². The van der Waals surface area contributed by atoms with Crippen molar-refractivity contribution < 1.29 is 9.53 Å². The first kappa shape index (κ1) is 18.2. The van der Waals surface area contributed by atoms with E-state index in [9.17, 15) is 4.79 Å². The SMILES string of the molecule is COc1ccc(NC(=O)Cn2c(CN(C)C)nc3ccccc32)cc1Cl. The number of nitrogens with zero attached hydrogens (tertiary/aromatic N) is 3. The van der Waals surface area contributed by atoms with E-state index in [-0.39, 0.29) is 12.5 Å². The normalized spacial score (nSPS) is 11.1. The second-order valence-corrected chi connectivity index (χ2v) is 6.65. The highest BCUT2D eigenvalue weighted by molar-refractivity contribution is 6.32. The highest BCUT2D eigenvalue weighted by atomic mass is 35.5. The van der Waals surface area contributed by atoms with E-state index in [1.54, 1.807) is 25.3 Å². The Morgan fingerprint density at radius 3 is 2.73 bits per heavy atom. The third kappa shape index (κ3) is 3.98. The summed E-state index contributed by atoms with van der Waals surface area (Å²) < 4.78 is 7.07. The molecule has 26 heavy (non-hydrogen) atoms. The summed E-state index contributed by atoms with van der Waals surface area (Å²) in [6.45, 7) is 0.823. The number of amides is 1. The minimum atomic E-state index is -0.144. The molecular weight excluding hydrogens is 352 g/mol. The van der Waals surface area contributed by atoms with Gasteiger partial charge in [0.15, 0.2) is 0 Å². The van der Waals surface area contributed by atoms with Crippen LogP contribution < -0.4 is 10.1 Å². The number of nitrogens with one attached hydrogen (secondary N) is 1. The summed E-state index contributed by atoms with van der Waals surface area (Å²) in [5.74, 6) is 1.27. The summed E-state index contributed by atoms with van der Waals surface area (Å²) in [6, 6.07) is 13.0. The van der Waals surface area contributed by atoms with Crippen molar-refractivity contribution in [2.24, 2.45) is 0 Å². The van der Waals surface area contributed by atoms with Crippen LogP contribution in [0.4, 0.5) is 5.69 Å². The van der Waals surface area contributed by atoms with Crippen LogP contribution in [0.2, 0.25) is 5.02 Å². The number of aromatic nitrogens is 2. The Balaban J connectivity index is 1.83. The number of anilines is 1. The molecule has 0 saturated carbocycles. The van der Waals surface area contributed by atoms with Crippen LogP contribution in [-0.2, 0) is 17.9 Å². The predicted octanol–water partition coefficient (Wildman–Crippen LogP) is 3.40. The molecule has 3 rings (SSSR count). The van der Waals surface area contributed by atoms with Crippen LogP contribution in [0.3, 0.4) is 0 Å². The van der Waals surface area contributed by atoms with E-state index in [4.69, 9.17) is 16.3 Å². The third-order valence-corrected chi connectivity index (χ3v) is 4.22. The summed E-state index contributed by atoms with van der Waals surface area (Å²) in [6.07, 6.45) is 0. The van der Waals surface area contributed by atoms with Crippen LogP contribution in [0.5, 0.6) is 5.75 Å². The number of para-hydroxylation sites is 2. The average Bonchev–Trinajstić information content (AvgIpc) is 2.92. The van der Waals surface area contributed by atoms with Crippen molar-refractivity contribution in [1.29, 1.82) is 0 Å². The van der Waals surface area contributed by atoms with E-state index in [0.29, 0.717) is 23.0 Å². The zero-order valence-electron chi connectivity index (χ0n) is 15.0. The molecule has 0 unspecified atom stereocenters. The standard InChI is InChI=1S/C19H21ClN4O2/c1-23(2)11-18-22-15-6-4-5-7-16(15)24(18)12-19(25)21-13-8-9-17(26-3)14(20)10-13/h4-10H,11-12H2,1-3H3,(H,21,25). The van der Waals surface area contributed by atoms with E-state index >= 15 is 0 Å². The van der Waals surface area contributed by atoms with Crippen LogP contribution in [0.1, 0.15) is 5.82 Å². The Morgan fingerprint density at radius 2 is 2.04 bits per heavy atom. The highest BCUT2D eigenvalue weighted by Crippen LogP contribution is 2.27. The van der Waals surface area contributed by atoms with Crippen molar-refractivity contribution in [2.75, 3.05) is 26.5 Å². The second-order valence-electron chi connectivity index (χ2n) is 6.24. The topological polar surface area (TPSA) is 59.4 Å². The molecular formula is C19H21ClN4O2. The molecule has 0 aliphatic rings. The van der Waals surface area contributed by atoms with Gasteiger partial charge in [-0.15, -0.1) is 0 Å². The van der Waals surface area contributed by atoms with Gasteiger partial charge in [0.2, 0.25) is 5.91 Å². The Morgan fingerprint density at radius 1 is 1.27 bits per heavy atom. The van der Waals surface area contributed by atoms with Gasteiger partial charge in [-0.05, 0) is 44.4 Å². The van der Waals surface area contributed by atoms with Gasteiger partial charge in [-0.25, -0.2) is 4.98 Å². The van der Waals surface area contributed by atoms with Crippen LogP contribution >= 0.6 is 11.6 Å². The van der Waals surface area contributed by atoms with Crippen molar-refractivity contribution in [3.05, 3.63) is 53.3 Å². The predicted molar refractivity (Wildman–Crippen MR) is 104 cm³/mol. The summed E-state index contributed by atoms with van der Waals surface area (Å²) in [7, 11) is 5.50. The number of carbonyl (C=O) groups is 1. The lowest BCUT2D eigenvalue weighted by molar-refractivity contribution is -0.116. The van der Waals surface area contributed by atoms with Gasteiger partial charge in [0.25, 0.3) is 0 Å². The molecule has 1 aromatic heterocycles. The van der Waals surface area contributed by atoms with Crippen LogP contribution in [-0.4, -0.2) is 41.6 Å². The van der Waals surface area contributed by atoms with Crippen molar-refractivity contribution >= 4 is 34.2 Å². The first-order chi connectivity index (χ1) is 12.5. The lowest BCUT2D eigenvalue weighted by atomic mass is 10.3. The van der Waals surface area contributed by atoms with Gasteiger partial charge in [-0.1, -0.05) is 23.7 Å². The van der Waals surface area contributed by atoms with E-state index < -0.39 is 0 Å². The molecule has 0 spiro atoms. The number of benzene rings is 2. The van der Waals surface area contributed by atoms with Crippen LogP contribution in [0, 0.1) is 0 Å². The molecule has 0 radical (unpaired) electrons. The van der Waals surface area contributed by atoms with Crippen molar-refractivity contribution in [3.8, 4) is 5.75 Å². The van der Waals surface area contributed by atoms with E-state index in [1.165, 1.54) is 0 Å². The molecule has 0 saturated heterocycles. The first-order valence-corrected chi connectivity index (χ1v) is 8.58. The molecule has 2 aromatic carbocycles. The molecule has 7 heteroatoms. The quantitative estimate of drug-likeness (QED) is 0.720. The van der Waals surface area contributed by atoms with Gasteiger partial charge >= 0.3 is 0 Å². The fourth-order valence-corrected chi connectivity index (χ4v) is 3.05. The van der Waals surface area contributed by atoms with Gasteiger partial charge in [-0.3, -0.25) is 4.79 Å². The molecule has 136 valence electrons. The molecule has 0 bridgehead atoms.